The van der Waals surface area contributed by atoms with Crippen molar-refractivity contribution < 1.29 is 0 Å². The molecule has 0 unspecified atom stereocenters. The van der Waals surface area contributed by atoms with Gasteiger partial charge in [-0.05, 0) is 33.4 Å². The predicted molar refractivity (Wildman–Crippen MR) is 95.9 cm³/mol. The Kier molecular flexibility index (Phi) is 7.24. The average molecular weight is 398 g/mol. The average Bonchev–Trinajstić information content (AvgIpc) is 2.25. The van der Waals surface area contributed by atoms with Crippen molar-refractivity contribution in [3.63, 3.8) is 0 Å². The molecule has 112 valence electrons. The Hall–Kier alpha value is 0.310. The van der Waals surface area contributed by atoms with Gasteiger partial charge in [-0.3, -0.25) is 4.99 Å². The highest BCUT2D eigenvalue weighted by Crippen LogP contribution is 2.29. The number of hydrogen-bond acceptors (Lipinski definition) is 3. The van der Waals surface area contributed by atoms with E-state index in [0.29, 0.717) is 4.75 Å². The van der Waals surface area contributed by atoms with E-state index in [9.17, 15) is 0 Å². The zero-order valence-electron chi connectivity index (χ0n) is 12.3. The van der Waals surface area contributed by atoms with Gasteiger partial charge in [0.25, 0.3) is 0 Å². The van der Waals surface area contributed by atoms with Crippen LogP contribution >= 0.6 is 35.7 Å². The molecule has 0 atom stereocenters. The van der Waals surface area contributed by atoms with Crippen molar-refractivity contribution in [3.8, 4) is 0 Å². The van der Waals surface area contributed by atoms with Crippen LogP contribution in [-0.4, -0.2) is 72.6 Å². The van der Waals surface area contributed by atoms with E-state index in [1.165, 1.54) is 25.3 Å². The van der Waals surface area contributed by atoms with Crippen LogP contribution in [0.5, 0.6) is 0 Å². The predicted octanol–water partition coefficient (Wildman–Crippen LogP) is 1.71. The first-order chi connectivity index (χ1) is 8.61. The number of rotatable bonds is 3. The van der Waals surface area contributed by atoms with E-state index in [0.717, 1.165) is 32.1 Å². The van der Waals surface area contributed by atoms with Crippen LogP contribution in [0.2, 0.25) is 0 Å². The molecule has 19 heavy (non-hydrogen) atoms. The van der Waals surface area contributed by atoms with Gasteiger partial charge in [-0.15, -0.1) is 24.0 Å². The van der Waals surface area contributed by atoms with Gasteiger partial charge < -0.3 is 15.1 Å². The van der Waals surface area contributed by atoms with E-state index in [1.807, 2.05) is 7.05 Å². The normalized spacial score (nSPS) is 23.5. The Balaban J connectivity index is 0.00000180. The molecule has 0 aliphatic carbocycles. The molecule has 2 aliphatic heterocycles. The van der Waals surface area contributed by atoms with E-state index in [2.05, 4.69) is 45.7 Å². The molecule has 1 N–H and O–H groups in total. The first kappa shape index (κ1) is 17.4. The molecule has 0 spiro atoms. The summed E-state index contributed by atoms with van der Waals surface area (Å²) in [7, 11) is 1.89. The lowest BCUT2D eigenvalue weighted by atomic mass is 10.2. The number of nitrogens with one attached hydrogen (secondary N) is 1. The van der Waals surface area contributed by atoms with Gasteiger partial charge in [0.15, 0.2) is 5.96 Å². The Bertz CT molecular complexity index is 305. The zero-order valence-corrected chi connectivity index (χ0v) is 15.5. The van der Waals surface area contributed by atoms with Gasteiger partial charge in [-0.1, -0.05) is 0 Å². The van der Waals surface area contributed by atoms with Crippen LogP contribution in [0, 0.1) is 0 Å². The molecule has 0 saturated carbocycles. The summed E-state index contributed by atoms with van der Waals surface area (Å²) in [4.78, 5) is 9.30. The van der Waals surface area contributed by atoms with Crippen LogP contribution in [0.4, 0.5) is 0 Å². The van der Waals surface area contributed by atoms with Crippen LogP contribution in [0.1, 0.15) is 20.3 Å². The summed E-state index contributed by atoms with van der Waals surface area (Å²) < 4.78 is 0.341. The van der Waals surface area contributed by atoms with Crippen molar-refractivity contribution in [1.82, 2.24) is 15.1 Å². The minimum absolute atomic E-state index is 0. The highest BCUT2D eigenvalue weighted by molar-refractivity contribution is 14.0. The molecule has 0 aromatic heterocycles. The minimum Gasteiger partial charge on any atom is -0.355 e. The van der Waals surface area contributed by atoms with Gasteiger partial charge in [-0.2, -0.15) is 11.8 Å². The molecule has 0 aromatic carbocycles. The van der Waals surface area contributed by atoms with Gasteiger partial charge in [0.2, 0.25) is 0 Å². The summed E-state index contributed by atoms with van der Waals surface area (Å²) in [6, 6.07) is 0. The lowest BCUT2D eigenvalue weighted by Gasteiger charge is -2.39. The fraction of sp³-hybridized carbons (Fsp3) is 0.923. The second-order valence-corrected chi connectivity index (χ2v) is 7.50. The van der Waals surface area contributed by atoms with Gasteiger partial charge in [0, 0.05) is 43.7 Å². The molecule has 2 rings (SSSR count). The van der Waals surface area contributed by atoms with Crippen molar-refractivity contribution in [2.45, 2.75) is 25.0 Å². The molecule has 6 heteroatoms. The van der Waals surface area contributed by atoms with Crippen molar-refractivity contribution in [2.24, 2.45) is 4.99 Å². The third-order valence-corrected chi connectivity index (χ3v) is 4.89. The maximum Gasteiger partial charge on any atom is 0.193 e. The first-order valence-corrected chi connectivity index (χ1v) is 7.91. The molecule has 0 aromatic rings. The standard InChI is InChI=1S/C13H26N4S.HI/c1-13(2)11-17(9-10-18-13)12(14-3)15-5-8-16-6-4-7-16;/h4-11H2,1-3H3,(H,14,15);1H. The van der Waals surface area contributed by atoms with Crippen molar-refractivity contribution in [1.29, 1.82) is 0 Å². The Morgan fingerprint density at radius 1 is 1.32 bits per heavy atom. The molecule has 2 saturated heterocycles. The number of guanidine groups is 1. The number of likely N-dealkylation sites (tertiary alicyclic amines) is 1. The fourth-order valence-corrected chi connectivity index (χ4v) is 3.57. The quantitative estimate of drug-likeness (QED) is 0.446. The third kappa shape index (κ3) is 5.30. The fourth-order valence-electron chi connectivity index (χ4n) is 2.46. The molecule has 2 aliphatic rings. The zero-order chi connectivity index (χ0) is 13.0. The van der Waals surface area contributed by atoms with E-state index >= 15 is 0 Å². The van der Waals surface area contributed by atoms with E-state index < -0.39 is 0 Å². The van der Waals surface area contributed by atoms with Gasteiger partial charge in [0.05, 0.1) is 0 Å². The number of nitrogens with zero attached hydrogens (tertiary/aromatic N) is 3. The van der Waals surface area contributed by atoms with Crippen LogP contribution in [0.25, 0.3) is 0 Å². The highest BCUT2D eigenvalue weighted by atomic mass is 127. The Morgan fingerprint density at radius 2 is 2.05 bits per heavy atom. The number of halogens is 1. The molecule has 0 amide bonds. The third-order valence-electron chi connectivity index (χ3n) is 3.60. The van der Waals surface area contributed by atoms with Crippen LogP contribution < -0.4 is 5.32 Å². The van der Waals surface area contributed by atoms with Crippen LogP contribution in [0.15, 0.2) is 4.99 Å². The summed E-state index contributed by atoms with van der Waals surface area (Å²) in [6.45, 7) is 11.5. The summed E-state index contributed by atoms with van der Waals surface area (Å²) in [5, 5.41) is 3.50. The lowest BCUT2D eigenvalue weighted by Crippen LogP contribution is -2.52. The highest BCUT2D eigenvalue weighted by Gasteiger charge is 2.28. The van der Waals surface area contributed by atoms with E-state index in [4.69, 9.17) is 0 Å². The molecule has 0 radical (unpaired) electrons. The smallest absolute Gasteiger partial charge is 0.193 e. The van der Waals surface area contributed by atoms with Gasteiger partial charge in [-0.25, -0.2) is 0 Å². The molecular weight excluding hydrogens is 371 g/mol. The molecular formula is C13H27IN4S. The Morgan fingerprint density at radius 3 is 2.58 bits per heavy atom. The number of hydrogen-bond donors (Lipinski definition) is 1. The largest absolute Gasteiger partial charge is 0.355 e. The summed E-state index contributed by atoms with van der Waals surface area (Å²) in [5.41, 5.74) is 0. The monoisotopic (exact) mass is 398 g/mol. The topological polar surface area (TPSA) is 30.9 Å². The summed E-state index contributed by atoms with van der Waals surface area (Å²) in [5.74, 6) is 2.27. The van der Waals surface area contributed by atoms with Gasteiger partial charge in [0.1, 0.15) is 0 Å². The van der Waals surface area contributed by atoms with Crippen LogP contribution in [-0.2, 0) is 0 Å². The lowest BCUT2D eigenvalue weighted by molar-refractivity contribution is 0.184. The van der Waals surface area contributed by atoms with Crippen molar-refractivity contribution in [2.75, 3.05) is 52.1 Å². The summed E-state index contributed by atoms with van der Waals surface area (Å²) >= 11 is 2.06. The molecule has 2 fully saturated rings. The number of thioether (sulfide) groups is 1. The Labute approximate surface area is 138 Å². The first-order valence-electron chi connectivity index (χ1n) is 6.93. The van der Waals surface area contributed by atoms with Crippen molar-refractivity contribution >= 4 is 41.7 Å². The molecule has 0 bridgehead atoms. The summed E-state index contributed by atoms with van der Waals surface area (Å²) in [6.07, 6.45) is 1.37. The minimum atomic E-state index is 0. The maximum atomic E-state index is 4.42. The second kappa shape index (κ2) is 7.93. The maximum absolute atomic E-state index is 4.42. The van der Waals surface area contributed by atoms with Crippen LogP contribution in [0.3, 0.4) is 0 Å². The molecule has 4 nitrogen and oxygen atoms in total. The van der Waals surface area contributed by atoms with E-state index in [-0.39, 0.29) is 24.0 Å². The van der Waals surface area contributed by atoms with Gasteiger partial charge >= 0.3 is 0 Å². The molecule has 2 heterocycles. The second-order valence-electron chi connectivity index (χ2n) is 5.70. The number of aliphatic imine (C=N–C) groups is 1. The SMILES string of the molecule is CN=C(NCCN1CCC1)N1CCSC(C)(C)C1.I. The van der Waals surface area contributed by atoms with Crippen molar-refractivity contribution in [3.05, 3.63) is 0 Å². The van der Waals surface area contributed by atoms with E-state index in [1.54, 1.807) is 0 Å².